The molecule has 1 aromatic rings. The lowest BCUT2D eigenvalue weighted by Crippen LogP contribution is -2.50. The number of aliphatic hydroxyl groups is 2. The van der Waals surface area contributed by atoms with Crippen molar-refractivity contribution < 1.29 is 14.9 Å². The van der Waals surface area contributed by atoms with Crippen LogP contribution in [0.1, 0.15) is 30.9 Å². The van der Waals surface area contributed by atoms with Gasteiger partial charge < -0.3 is 14.9 Å². The van der Waals surface area contributed by atoms with Crippen LogP contribution in [-0.2, 0) is 0 Å². The third kappa shape index (κ3) is 4.45. The van der Waals surface area contributed by atoms with Crippen molar-refractivity contribution in [1.29, 1.82) is 0 Å². The quantitative estimate of drug-likeness (QED) is 0.845. The summed E-state index contributed by atoms with van der Waals surface area (Å²) in [6.07, 6.45) is 1.74. The number of hydrogen-bond donors (Lipinski definition) is 2. The molecule has 124 valence electrons. The number of piperidine rings is 1. The summed E-state index contributed by atoms with van der Waals surface area (Å²) < 4.78 is 5.75. The number of hydrogen-bond acceptors (Lipinski definition) is 4. The van der Waals surface area contributed by atoms with E-state index >= 15 is 0 Å². The molecule has 0 spiro atoms. The van der Waals surface area contributed by atoms with Crippen LogP contribution in [-0.4, -0.2) is 53.6 Å². The number of ether oxygens (including phenoxy) is 1. The molecule has 0 radical (unpaired) electrons. The summed E-state index contributed by atoms with van der Waals surface area (Å²) in [5, 5.41) is 19.8. The second-order valence-electron chi connectivity index (χ2n) is 6.60. The number of nitrogens with zero attached hydrogens (tertiary/aromatic N) is 1. The van der Waals surface area contributed by atoms with Gasteiger partial charge in [0.05, 0.1) is 6.61 Å². The molecule has 0 bridgehead atoms. The van der Waals surface area contributed by atoms with Gasteiger partial charge in [-0.05, 0) is 50.8 Å². The van der Waals surface area contributed by atoms with E-state index in [1.165, 1.54) is 5.56 Å². The van der Waals surface area contributed by atoms with Crippen LogP contribution in [0.5, 0.6) is 5.75 Å². The molecule has 1 fully saturated rings. The highest BCUT2D eigenvalue weighted by atomic mass is 16.5. The fourth-order valence-electron chi connectivity index (χ4n) is 3.33. The minimum absolute atomic E-state index is 0.157. The van der Waals surface area contributed by atoms with Gasteiger partial charge in [0.25, 0.3) is 0 Å². The Hall–Kier alpha value is -1.10. The predicted molar refractivity (Wildman–Crippen MR) is 88.3 cm³/mol. The van der Waals surface area contributed by atoms with Gasteiger partial charge in [0.2, 0.25) is 0 Å². The Morgan fingerprint density at radius 2 is 2.14 bits per heavy atom. The standard InChI is InChI=1S/C18H29NO3/c1-13-6-7-18(15(3)9-13)22-12-16(21)10-19-8-4-5-14(2)17(19)11-20/h6-7,9,14,16-17,20-21H,4-5,8,10-12H2,1-3H3. The molecule has 1 aliphatic heterocycles. The maximum absolute atomic E-state index is 10.3. The summed E-state index contributed by atoms with van der Waals surface area (Å²) in [5.41, 5.74) is 2.30. The lowest BCUT2D eigenvalue weighted by molar-refractivity contribution is 0.00370. The summed E-state index contributed by atoms with van der Waals surface area (Å²) in [4.78, 5) is 2.20. The third-order valence-corrected chi connectivity index (χ3v) is 4.62. The van der Waals surface area contributed by atoms with E-state index in [-0.39, 0.29) is 19.3 Å². The number of aryl methyl sites for hydroxylation is 2. The zero-order valence-electron chi connectivity index (χ0n) is 14.0. The topological polar surface area (TPSA) is 52.9 Å². The third-order valence-electron chi connectivity index (χ3n) is 4.62. The molecule has 3 unspecified atom stereocenters. The molecule has 1 saturated heterocycles. The highest BCUT2D eigenvalue weighted by Gasteiger charge is 2.29. The minimum atomic E-state index is -0.542. The minimum Gasteiger partial charge on any atom is -0.491 e. The van der Waals surface area contributed by atoms with Gasteiger partial charge in [0.15, 0.2) is 0 Å². The molecule has 3 atom stereocenters. The van der Waals surface area contributed by atoms with Crippen molar-refractivity contribution in [3.63, 3.8) is 0 Å². The van der Waals surface area contributed by atoms with E-state index in [0.717, 1.165) is 30.7 Å². The Balaban J connectivity index is 1.85. The molecule has 1 aromatic carbocycles. The van der Waals surface area contributed by atoms with E-state index < -0.39 is 6.10 Å². The largest absolute Gasteiger partial charge is 0.491 e. The van der Waals surface area contributed by atoms with E-state index in [9.17, 15) is 10.2 Å². The molecule has 0 aromatic heterocycles. The molecular formula is C18H29NO3. The Labute approximate surface area is 133 Å². The van der Waals surface area contributed by atoms with E-state index in [0.29, 0.717) is 12.5 Å². The highest BCUT2D eigenvalue weighted by Crippen LogP contribution is 2.23. The first-order valence-electron chi connectivity index (χ1n) is 8.24. The van der Waals surface area contributed by atoms with Gasteiger partial charge in [0.1, 0.15) is 18.5 Å². The van der Waals surface area contributed by atoms with Crippen LogP contribution in [0.25, 0.3) is 0 Å². The molecule has 0 aliphatic carbocycles. The van der Waals surface area contributed by atoms with Gasteiger partial charge in [-0.15, -0.1) is 0 Å². The fourth-order valence-corrected chi connectivity index (χ4v) is 3.33. The van der Waals surface area contributed by atoms with Gasteiger partial charge in [-0.1, -0.05) is 24.6 Å². The van der Waals surface area contributed by atoms with Crippen molar-refractivity contribution in [3.05, 3.63) is 29.3 Å². The summed E-state index contributed by atoms with van der Waals surface area (Å²) in [6, 6.07) is 6.21. The first kappa shape index (κ1) is 17.3. The second-order valence-corrected chi connectivity index (χ2v) is 6.60. The molecule has 1 heterocycles. The van der Waals surface area contributed by atoms with Crippen LogP contribution in [0.2, 0.25) is 0 Å². The summed E-state index contributed by atoms with van der Waals surface area (Å²) >= 11 is 0. The van der Waals surface area contributed by atoms with Crippen LogP contribution < -0.4 is 4.74 Å². The summed E-state index contributed by atoms with van der Waals surface area (Å²) in [6.45, 7) is 8.18. The van der Waals surface area contributed by atoms with Crippen LogP contribution in [0.3, 0.4) is 0 Å². The molecule has 0 saturated carbocycles. The lowest BCUT2D eigenvalue weighted by Gasteiger charge is -2.39. The first-order chi connectivity index (χ1) is 10.5. The SMILES string of the molecule is Cc1ccc(OCC(O)CN2CCCC(C)C2CO)c(C)c1. The van der Waals surface area contributed by atoms with Crippen LogP contribution >= 0.6 is 0 Å². The molecule has 22 heavy (non-hydrogen) atoms. The Bertz CT molecular complexity index is 477. The summed E-state index contributed by atoms with van der Waals surface area (Å²) in [7, 11) is 0. The average molecular weight is 307 g/mol. The van der Waals surface area contributed by atoms with Gasteiger partial charge in [-0.25, -0.2) is 0 Å². The molecule has 4 nitrogen and oxygen atoms in total. The zero-order chi connectivity index (χ0) is 16.1. The van der Waals surface area contributed by atoms with Gasteiger partial charge in [-0.3, -0.25) is 4.90 Å². The van der Waals surface area contributed by atoms with Crippen LogP contribution in [0.4, 0.5) is 0 Å². The van der Waals surface area contributed by atoms with Crippen molar-refractivity contribution in [2.75, 3.05) is 26.3 Å². The summed E-state index contributed by atoms with van der Waals surface area (Å²) in [5.74, 6) is 1.31. The first-order valence-corrected chi connectivity index (χ1v) is 8.24. The van der Waals surface area contributed by atoms with E-state index in [1.807, 2.05) is 19.1 Å². The van der Waals surface area contributed by atoms with E-state index in [2.05, 4.69) is 24.8 Å². The molecule has 0 amide bonds. The van der Waals surface area contributed by atoms with Gasteiger partial charge in [-0.2, -0.15) is 0 Å². The zero-order valence-corrected chi connectivity index (χ0v) is 14.0. The lowest BCUT2D eigenvalue weighted by atomic mass is 9.91. The molecular weight excluding hydrogens is 278 g/mol. The maximum atomic E-state index is 10.3. The van der Waals surface area contributed by atoms with Crippen molar-refractivity contribution in [3.8, 4) is 5.75 Å². The number of rotatable bonds is 6. The smallest absolute Gasteiger partial charge is 0.122 e. The van der Waals surface area contributed by atoms with Crippen LogP contribution in [0, 0.1) is 19.8 Å². The van der Waals surface area contributed by atoms with E-state index in [1.54, 1.807) is 0 Å². The van der Waals surface area contributed by atoms with Crippen LogP contribution in [0.15, 0.2) is 18.2 Å². The van der Waals surface area contributed by atoms with E-state index in [4.69, 9.17) is 4.74 Å². The molecule has 1 aliphatic rings. The Morgan fingerprint density at radius 1 is 1.36 bits per heavy atom. The number of β-amino-alcohol motifs (C(OH)–C–C–N with tert-alkyl or cyclic N) is 1. The van der Waals surface area contributed by atoms with Crippen molar-refractivity contribution >= 4 is 0 Å². The highest BCUT2D eigenvalue weighted by molar-refractivity contribution is 5.35. The number of aliphatic hydroxyl groups excluding tert-OH is 2. The van der Waals surface area contributed by atoms with Crippen molar-refractivity contribution in [2.24, 2.45) is 5.92 Å². The van der Waals surface area contributed by atoms with Crippen molar-refractivity contribution in [2.45, 2.75) is 45.8 Å². The van der Waals surface area contributed by atoms with Gasteiger partial charge in [0, 0.05) is 12.6 Å². The van der Waals surface area contributed by atoms with Crippen molar-refractivity contribution in [1.82, 2.24) is 4.90 Å². The Kier molecular flexibility index (Phi) is 6.24. The second kappa shape index (κ2) is 7.95. The molecule has 2 rings (SSSR count). The monoisotopic (exact) mass is 307 g/mol. The molecule has 2 N–H and O–H groups in total. The number of benzene rings is 1. The molecule has 4 heteroatoms. The maximum Gasteiger partial charge on any atom is 0.122 e. The predicted octanol–water partition coefficient (Wildman–Crippen LogP) is 2.14. The fraction of sp³-hybridized carbons (Fsp3) is 0.667. The Morgan fingerprint density at radius 3 is 2.82 bits per heavy atom. The average Bonchev–Trinajstić information content (AvgIpc) is 2.46. The number of likely N-dealkylation sites (tertiary alicyclic amines) is 1. The van der Waals surface area contributed by atoms with Gasteiger partial charge >= 0.3 is 0 Å². The normalized spacial score (nSPS) is 24.2.